The fraction of sp³-hybridized carbons (Fsp3) is 0.208. The SMILES string of the molecule is COc1ccc(-c2ccc(OCc3c(C)cccc3[NH+]3N=NN(C)C3=O)nc2C)c(C#N)c1. The maximum atomic E-state index is 12.4. The number of quaternary nitrogens is 1. The molecule has 0 saturated heterocycles. The number of hydrogen-bond donors (Lipinski definition) is 1. The topological polar surface area (TPSA) is 105 Å². The number of carbonyl (C=O) groups is 1. The van der Waals surface area contributed by atoms with Crippen molar-refractivity contribution in [3.05, 3.63) is 70.9 Å². The monoisotopic (exact) mass is 443 g/mol. The number of ether oxygens (including phenoxy) is 2. The Morgan fingerprint density at radius 2 is 1.91 bits per heavy atom. The number of benzene rings is 2. The molecule has 1 aliphatic heterocycles. The molecule has 0 fully saturated rings. The molecule has 166 valence electrons. The van der Waals surface area contributed by atoms with Crippen LogP contribution in [0.25, 0.3) is 11.1 Å². The van der Waals surface area contributed by atoms with Gasteiger partial charge in [0.05, 0.1) is 29.5 Å². The van der Waals surface area contributed by atoms with E-state index in [4.69, 9.17) is 9.47 Å². The lowest BCUT2D eigenvalue weighted by atomic mass is 9.99. The number of nitrogens with one attached hydrogen (secondary N) is 1. The summed E-state index contributed by atoms with van der Waals surface area (Å²) < 4.78 is 11.2. The van der Waals surface area contributed by atoms with Crippen LogP contribution in [0.3, 0.4) is 0 Å². The Morgan fingerprint density at radius 3 is 2.58 bits per heavy atom. The smallest absolute Gasteiger partial charge is 0.472 e. The average Bonchev–Trinajstić information content (AvgIpc) is 3.16. The second kappa shape index (κ2) is 9.06. The third-order valence-corrected chi connectivity index (χ3v) is 5.50. The maximum absolute atomic E-state index is 12.4. The van der Waals surface area contributed by atoms with Crippen molar-refractivity contribution in [3.8, 4) is 28.8 Å². The molecule has 1 unspecified atom stereocenters. The van der Waals surface area contributed by atoms with Crippen LogP contribution in [0.4, 0.5) is 10.5 Å². The first-order chi connectivity index (χ1) is 15.9. The second-order valence-electron chi connectivity index (χ2n) is 7.56. The summed E-state index contributed by atoms with van der Waals surface area (Å²) in [5.41, 5.74) is 5.38. The second-order valence-corrected chi connectivity index (χ2v) is 7.56. The molecule has 3 aromatic rings. The van der Waals surface area contributed by atoms with Crippen molar-refractivity contribution in [3.63, 3.8) is 0 Å². The lowest BCUT2D eigenvalue weighted by Crippen LogP contribution is -3.04. The minimum Gasteiger partial charge on any atom is -0.497 e. The van der Waals surface area contributed by atoms with Crippen LogP contribution in [0.1, 0.15) is 22.4 Å². The van der Waals surface area contributed by atoms with Crippen LogP contribution >= 0.6 is 0 Å². The number of nitriles is 1. The minimum atomic E-state index is -0.257. The van der Waals surface area contributed by atoms with Crippen molar-refractivity contribution in [2.75, 3.05) is 14.2 Å². The van der Waals surface area contributed by atoms with Gasteiger partial charge in [0.15, 0.2) is 5.69 Å². The van der Waals surface area contributed by atoms with Crippen molar-refractivity contribution < 1.29 is 19.3 Å². The van der Waals surface area contributed by atoms with E-state index in [0.717, 1.165) is 27.9 Å². The lowest BCUT2D eigenvalue weighted by Gasteiger charge is -2.14. The lowest BCUT2D eigenvalue weighted by molar-refractivity contribution is -0.750. The van der Waals surface area contributed by atoms with Gasteiger partial charge in [0.2, 0.25) is 5.88 Å². The maximum Gasteiger partial charge on any atom is 0.472 e. The molecule has 0 bridgehead atoms. The molecule has 1 N–H and O–H groups in total. The molecule has 33 heavy (non-hydrogen) atoms. The zero-order valence-corrected chi connectivity index (χ0v) is 18.8. The number of pyridine rings is 1. The molecule has 1 aromatic heterocycles. The summed E-state index contributed by atoms with van der Waals surface area (Å²) in [6.45, 7) is 4.05. The fourth-order valence-corrected chi connectivity index (χ4v) is 3.66. The Balaban J connectivity index is 1.58. The summed E-state index contributed by atoms with van der Waals surface area (Å²) in [5, 5.41) is 18.9. The van der Waals surface area contributed by atoms with Crippen molar-refractivity contribution in [2.24, 2.45) is 10.4 Å². The number of rotatable bonds is 6. The third kappa shape index (κ3) is 4.24. The number of aromatic nitrogens is 1. The first kappa shape index (κ1) is 21.9. The number of nitrogens with zero attached hydrogens (tertiary/aromatic N) is 5. The molecule has 2 heterocycles. The Morgan fingerprint density at radius 1 is 1.12 bits per heavy atom. The van der Waals surface area contributed by atoms with Crippen molar-refractivity contribution in [1.82, 2.24) is 9.99 Å². The van der Waals surface area contributed by atoms with Gasteiger partial charge >= 0.3 is 6.03 Å². The van der Waals surface area contributed by atoms with Crippen LogP contribution in [0.15, 0.2) is 59.0 Å². The van der Waals surface area contributed by atoms with E-state index in [2.05, 4.69) is 21.5 Å². The molecule has 1 aliphatic rings. The molecule has 0 radical (unpaired) electrons. The van der Waals surface area contributed by atoms with Gasteiger partial charge in [-0.15, -0.1) is 0 Å². The summed E-state index contributed by atoms with van der Waals surface area (Å²) in [6, 6.07) is 16.7. The number of amides is 2. The fourth-order valence-electron chi connectivity index (χ4n) is 3.66. The molecule has 2 amide bonds. The molecule has 9 heteroatoms. The number of aryl methyl sites for hydroxylation is 2. The van der Waals surface area contributed by atoms with Gasteiger partial charge in [-0.05, 0) is 48.9 Å². The number of methoxy groups -OCH3 is 1. The Labute approximate surface area is 191 Å². The molecule has 9 nitrogen and oxygen atoms in total. The van der Waals surface area contributed by atoms with E-state index in [-0.39, 0.29) is 12.6 Å². The summed E-state index contributed by atoms with van der Waals surface area (Å²) >= 11 is 0. The standard InChI is InChI=1S/C24H22N6O3/c1-15-6-5-7-22(30-24(31)29(3)27-28-30)21(15)14-33-23-11-10-19(16(2)26-23)20-9-8-18(32-4)12-17(20)13-25/h5-12H,14H2,1-4H3/p+1. The average molecular weight is 443 g/mol. The van der Waals surface area contributed by atoms with Crippen LogP contribution < -0.4 is 14.5 Å². The predicted octanol–water partition coefficient (Wildman–Crippen LogP) is 3.69. The van der Waals surface area contributed by atoms with Gasteiger partial charge < -0.3 is 9.47 Å². The van der Waals surface area contributed by atoms with E-state index in [9.17, 15) is 10.1 Å². The van der Waals surface area contributed by atoms with Crippen molar-refractivity contribution >= 4 is 11.7 Å². The van der Waals surface area contributed by atoms with Gasteiger partial charge in [0, 0.05) is 36.0 Å². The molecule has 0 spiro atoms. The largest absolute Gasteiger partial charge is 0.497 e. The number of carbonyl (C=O) groups excluding carboxylic acids is 1. The van der Waals surface area contributed by atoms with E-state index in [0.29, 0.717) is 27.9 Å². The van der Waals surface area contributed by atoms with Gasteiger partial charge in [-0.25, -0.2) is 9.78 Å². The van der Waals surface area contributed by atoms with Gasteiger partial charge in [-0.2, -0.15) is 10.3 Å². The van der Waals surface area contributed by atoms with E-state index in [1.807, 2.05) is 50.2 Å². The summed E-state index contributed by atoms with van der Waals surface area (Å²) in [7, 11) is 3.14. The van der Waals surface area contributed by atoms with Gasteiger partial charge in [0.25, 0.3) is 0 Å². The zero-order chi connectivity index (χ0) is 23.5. The molecule has 0 aliphatic carbocycles. The van der Waals surface area contributed by atoms with Crippen LogP contribution in [-0.2, 0) is 6.61 Å². The third-order valence-electron chi connectivity index (χ3n) is 5.50. The van der Waals surface area contributed by atoms with Crippen LogP contribution in [0.5, 0.6) is 11.6 Å². The van der Waals surface area contributed by atoms with Crippen molar-refractivity contribution in [1.29, 1.82) is 5.26 Å². The Kier molecular flexibility index (Phi) is 6.02. The molecule has 2 aromatic carbocycles. The summed E-state index contributed by atoms with van der Waals surface area (Å²) in [6.07, 6.45) is 0. The number of hydrogen-bond acceptors (Lipinski definition) is 7. The first-order valence-corrected chi connectivity index (χ1v) is 10.3. The number of urea groups is 1. The van der Waals surface area contributed by atoms with Gasteiger partial charge in [0.1, 0.15) is 12.4 Å². The predicted molar refractivity (Wildman–Crippen MR) is 120 cm³/mol. The highest BCUT2D eigenvalue weighted by molar-refractivity contribution is 5.73. The summed E-state index contributed by atoms with van der Waals surface area (Å²) in [4.78, 5) is 17.0. The molecule has 0 saturated carbocycles. The van der Waals surface area contributed by atoms with E-state index in [1.54, 1.807) is 26.3 Å². The normalized spacial score (nSPS) is 14.9. The van der Waals surface area contributed by atoms with Gasteiger partial charge in [-0.1, -0.05) is 17.1 Å². The highest BCUT2D eigenvalue weighted by Gasteiger charge is 2.35. The Hall–Kier alpha value is -4.29. The molecule has 4 rings (SSSR count). The van der Waals surface area contributed by atoms with E-state index in [1.165, 1.54) is 5.01 Å². The Bertz CT molecular complexity index is 1300. The first-order valence-electron chi connectivity index (χ1n) is 10.3. The van der Waals surface area contributed by atoms with Crippen LogP contribution in [0.2, 0.25) is 0 Å². The molecular weight excluding hydrogens is 420 g/mol. The van der Waals surface area contributed by atoms with E-state index >= 15 is 0 Å². The zero-order valence-electron chi connectivity index (χ0n) is 18.8. The highest BCUT2D eigenvalue weighted by Crippen LogP contribution is 2.30. The van der Waals surface area contributed by atoms with Gasteiger partial charge in [-0.3, -0.25) is 0 Å². The molecule has 1 atom stereocenters. The summed E-state index contributed by atoms with van der Waals surface area (Å²) in [5.74, 6) is 1.07. The van der Waals surface area contributed by atoms with Crippen molar-refractivity contribution in [2.45, 2.75) is 20.5 Å². The van der Waals surface area contributed by atoms with Crippen LogP contribution in [-0.4, -0.2) is 30.2 Å². The van der Waals surface area contributed by atoms with E-state index < -0.39 is 0 Å². The highest BCUT2D eigenvalue weighted by atomic mass is 16.5. The minimum absolute atomic E-state index is 0.218. The van der Waals surface area contributed by atoms with Crippen LogP contribution in [0, 0.1) is 25.2 Å². The molecular formula is C24H23N6O3+. The quantitative estimate of drug-likeness (QED) is 0.626.